The summed E-state index contributed by atoms with van der Waals surface area (Å²) in [6, 6.07) is 13.6. The highest BCUT2D eigenvalue weighted by molar-refractivity contribution is 7.16. The molecule has 1 amide bonds. The van der Waals surface area contributed by atoms with Crippen molar-refractivity contribution in [2.45, 2.75) is 25.7 Å². The van der Waals surface area contributed by atoms with Gasteiger partial charge in [-0.1, -0.05) is 24.3 Å². The normalized spacial score (nSPS) is 13.0. The van der Waals surface area contributed by atoms with Crippen molar-refractivity contribution < 1.29 is 14.3 Å². The van der Waals surface area contributed by atoms with E-state index >= 15 is 0 Å². The van der Waals surface area contributed by atoms with Crippen molar-refractivity contribution in [1.29, 1.82) is 5.26 Å². The van der Waals surface area contributed by atoms with Crippen LogP contribution in [0.1, 0.15) is 34.5 Å². The van der Waals surface area contributed by atoms with Gasteiger partial charge in [-0.3, -0.25) is 4.79 Å². The zero-order chi connectivity index (χ0) is 20.9. The number of carbonyl (C=O) groups is 2. The number of esters is 1. The zero-order valence-electron chi connectivity index (χ0n) is 16.2. The second-order valence-corrected chi connectivity index (χ2v) is 8.05. The zero-order valence-corrected chi connectivity index (χ0v) is 17.0. The molecule has 0 fully saturated rings. The smallest absolute Gasteiger partial charge is 0.331 e. The molecule has 0 atom stereocenters. The minimum atomic E-state index is -0.633. The molecule has 1 aromatic carbocycles. The highest BCUT2D eigenvalue weighted by Crippen LogP contribution is 2.37. The van der Waals surface area contributed by atoms with Crippen molar-refractivity contribution in [3.63, 3.8) is 0 Å². The summed E-state index contributed by atoms with van der Waals surface area (Å²) in [6.45, 7) is -0.415. The van der Waals surface area contributed by atoms with Crippen LogP contribution in [0.25, 0.3) is 17.0 Å². The van der Waals surface area contributed by atoms with Gasteiger partial charge in [-0.05, 0) is 49.5 Å². The number of para-hydroxylation sites is 1. The van der Waals surface area contributed by atoms with Crippen LogP contribution in [-0.4, -0.2) is 23.5 Å². The fourth-order valence-corrected chi connectivity index (χ4v) is 4.70. The lowest BCUT2D eigenvalue weighted by Crippen LogP contribution is -2.20. The Morgan fingerprint density at radius 3 is 2.90 bits per heavy atom. The first-order valence-corrected chi connectivity index (χ1v) is 10.5. The molecule has 0 saturated heterocycles. The molecule has 0 saturated carbocycles. The van der Waals surface area contributed by atoms with Crippen LogP contribution in [0.5, 0.6) is 0 Å². The molecule has 0 radical (unpaired) electrons. The van der Waals surface area contributed by atoms with Crippen molar-refractivity contribution in [2.75, 3.05) is 11.9 Å². The number of hydrogen-bond acceptors (Lipinski definition) is 6. The number of thiophene rings is 1. The number of amides is 1. The van der Waals surface area contributed by atoms with Crippen molar-refractivity contribution in [3.8, 4) is 6.07 Å². The number of pyridine rings is 1. The number of aryl methyl sites for hydroxylation is 1. The molecule has 0 spiro atoms. The molecule has 150 valence electrons. The standard InChI is InChI=1S/C23H19N3O3S/c24-13-18-17-6-2-4-8-20(17)30-23(18)26-21(27)14-29-22(28)12-11-16-10-9-15-5-1-3-7-19(15)25-16/h1,3,5,7,9-12H,2,4,6,8,14H2,(H,26,27). The fraction of sp³-hybridized carbons (Fsp3) is 0.217. The van der Waals surface area contributed by atoms with E-state index in [2.05, 4.69) is 16.4 Å². The van der Waals surface area contributed by atoms with Gasteiger partial charge in [0.05, 0.1) is 16.8 Å². The van der Waals surface area contributed by atoms with Gasteiger partial charge >= 0.3 is 5.97 Å². The third-order valence-electron chi connectivity index (χ3n) is 4.89. The monoisotopic (exact) mass is 417 g/mol. The molecular weight excluding hydrogens is 398 g/mol. The fourth-order valence-electron chi connectivity index (χ4n) is 3.45. The molecule has 1 aliphatic rings. The van der Waals surface area contributed by atoms with E-state index in [1.165, 1.54) is 17.4 Å². The first kappa shape index (κ1) is 19.8. The van der Waals surface area contributed by atoms with Gasteiger partial charge in [-0.15, -0.1) is 11.3 Å². The topological polar surface area (TPSA) is 92.1 Å². The summed E-state index contributed by atoms with van der Waals surface area (Å²) in [6.07, 6.45) is 6.76. The number of ether oxygens (including phenoxy) is 1. The van der Waals surface area contributed by atoms with Gasteiger partial charge < -0.3 is 10.1 Å². The van der Waals surface area contributed by atoms with E-state index in [9.17, 15) is 14.9 Å². The lowest BCUT2D eigenvalue weighted by molar-refractivity contribution is -0.142. The van der Waals surface area contributed by atoms with Crippen molar-refractivity contribution in [3.05, 3.63) is 64.2 Å². The number of hydrogen-bond donors (Lipinski definition) is 1. The number of carbonyl (C=O) groups excluding carboxylic acids is 2. The van der Waals surface area contributed by atoms with E-state index in [1.54, 1.807) is 12.1 Å². The number of benzene rings is 1. The van der Waals surface area contributed by atoms with Crippen molar-refractivity contribution >= 4 is 45.2 Å². The van der Waals surface area contributed by atoms with Crippen LogP contribution >= 0.6 is 11.3 Å². The van der Waals surface area contributed by atoms with Crippen LogP contribution < -0.4 is 5.32 Å². The van der Waals surface area contributed by atoms with E-state index < -0.39 is 18.5 Å². The minimum Gasteiger partial charge on any atom is -0.452 e. The molecule has 2 heterocycles. The third-order valence-corrected chi connectivity index (χ3v) is 6.10. The Hall–Kier alpha value is -3.50. The van der Waals surface area contributed by atoms with Crippen LogP contribution in [0.2, 0.25) is 0 Å². The highest BCUT2D eigenvalue weighted by Gasteiger charge is 2.21. The Morgan fingerprint density at radius 1 is 1.20 bits per heavy atom. The molecular formula is C23H19N3O3S. The third kappa shape index (κ3) is 4.39. The SMILES string of the molecule is N#Cc1c(NC(=O)COC(=O)C=Cc2ccc3ccccc3n2)sc2c1CCCC2. The summed E-state index contributed by atoms with van der Waals surface area (Å²) in [4.78, 5) is 29.8. The molecule has 1 N–H and O–H groups in total. The van der Waals surface area contributed by atoms with Crippen LogP contribution in [0.3, 0.4) is 0 Å². The second-order valence-electron chi connectivity index (χ2n) is 6.94. The number of nitrogens with zero attached hydrogens (tertiary/aromatic N) is 2. The van der Waals surface area contributed by atoms with E-state index in [4.69, 9.17) is 4.74 Å². The Kier molecular flexibility index (Phi) is 5.87. The quantitative estimate of drug-likeness (QED) is 0.495. The van der Waals surface area contributed by atoms with Gasteiger partial charge in [0.25, 0.3) is 5.91 Å². The molecule has 4 rings (SSSR count). The summed E-state index contributed by atoms with van der Waals surface area (Å²) in [5.41, 5.74) is 3.04. The number of nitriles is 1. The number of anilines is 1. The summed E-state index contributed by atoms with van der Waals surface area (Å²) >= 11 is 1.44. The average Bonchev–Trinajstić information content (AvgIpc) is 3.12. The molecule has 3 aromatic rings. The summed E-state index contributed by atoms with van der Waals surface area (Å²) in [7, 11) is 0. The number of fused-ring (bicyclic) bond motifs is 2. The van der Waals surface area contributed by atoms with Crippen molar-refractivity contribution in [1.82, 2.24) is 4.98 Å². The van der Waals surface area contributed by atoms with Gasteiger partial charge in [0.2, 0.25) is 0 Å². The Bertz CT molecular complexity index is 1190. The predicted molar refractivity (Wildman–Crippen MR) is 116 cm³/mol. The molecule has 1 aliphatic carbocycles. The molecule has 30 heavy (non-hydrogen) atoms. The summed E-state index contributed by atoms with van der Waals surface area (Å²) in [5.74, 6) is -1.10. The highest BCUT2D eigenvalue weighted by atomic mass is 32.1. The Labute approximate surface area is 177 Å². The maximum absolute atomic E-state index is 12.2. The summed E-state index contributed by atoms with van der Waals surface area (Å²) in [5, 5.41) is 13.7. The lowest BCUT2D eigenvalue weighted by Gasteiger charge is -2.09. The molecule has 0 unspecified atom stereocenters. The molecule has 0 bridgehead atoms. The maximum atomic E-state index is 12.2. The van der Waals surface area contributed by atoms with Crippen LogP contribution in [0.4, 0.5) is 5.00 Å². The van der Waals surface area contributed by atoms with E-state index in [1.807, 2.05) is 30.3 Å². The van der Waals surface area contributed by atoms with Crippen LogP contribution in [0.15, 0.2) is 42.5 Å². The largest absolute Gasteiger partial charge is 0.452 e. The molecule has 7 heteroatoms. The maximum Gasteiger partial charge on any atom is 0.331 e. The first-order chi connectivity index (χ1) is 14.6. The minimum absolute atomic E-state index is 0.415. The molecule has 2 aromatic heterocycles. The van der Waals surface area contributed by atoms with Crippen LogP contribution in [-0.2, 0) is 27.2 Å². The summed E-state index contributed by atoms with van der Waals surface area (Å²) < 4.78 is 5.02. The van der Waals surface area contributed by atoms with Gasteiger partial charge in [0.15, 0.2) is 6.61 Å². The van der Waals surface area contributed by atoms with Crippen LogP contribution in [0, 0.1) is 11.3 Å². The molecule has 6 nitrogen and oxygen atoms in total. The Morgan fingerprint density at radius 2 is 2.03 bits per heavy atom. The number of rotatable bonds is 5. The predicted octanol–water partition coefficient (Wildman–Crippen LogP) is 4.24. The Balaban J connectivity index is 1.33. The second kappa shape index (κ2) is 8.89. The van der Waals surface area contributed by atoms with E-state index in [-0.39, 0.29) is 0 Å². The van der Waals surface area contributed by atoms with Crippen molar-refractivity contribution in [2.24, 2.45) is 0 Å². The van der Waals surface area contributed by atoms with E-state index in [0.717, 1.165) is 47.0 Å². The first-order valence-electron chi connectivity index (χ1n) is 9.69. The van der Waals surface area contributed by atoms with Gasteiger partial charge in [-0.25, -0.2) is 9.78 Å². The lowest BCUT2D eigenvalue weighted by atomic mass is 9.96. The van der Waals surface area contributed by atoms with E-state index in [0.29, 0.717) is 16.3 Å². The van der Waals surface area contributed by atoms with Gasteiger partial charge in [-0.2, -0.15) is 5.26 Å². The molecule has 0 aliphatic heterocycles. The van der Waals surface area contributed by atoms with Gasteiger partial charge in [0, 0.05) is 16.3 Å². The number of nitrogens with one attached hydrogen (secondary N) is 1. The van der Waals surface area contributed by atoms with Gasteiger partial charge in [0.1, 0.15) is 11.1 Å². The average molecular weight is 417 g/mol. The number of aromatic nitrogens is 1.